The number of rotatable bonds is 5. The molecule has 2 aromatic heterocycles. The summed E-state index contributed by atoms with van der Waals surface area (Å²) in [6.45, 7) is 1.79. The van der Waals surface area contributed by atoms with Gasteiger partial charge in [0.25, 0.3) is 0 Å². The number of methoxy groups -OCH3 is 1. The highest BCUT2D eigenvalue weighted by atomic mass is 16.5. The van der Waals surface area contributed by atoms with Gasteiger partial charge in [0, 0.05) is 42.1 Å². The number of hydrogen-bond acceptors (Lipinski definition) is 4. The number of pyridine rings is 1. The average molecular weight is 321 g/mol. The van der Waals surface area contributed by atoms with Crippen molar-refractivity contribution in [1.82, 2.24) is 9.97 Å². The zero-order valence-corrected chi connectivity index (χ0v) is 13.7. The highest BCUT2D eigenvalue weighted by Gasteiger charge is 2.34. The van der Waals surface area contributed by atoms with Gasteiger partial charge in [0.05, 0.1) is 7.11 Å². The maximum absolute atomic E-state index is 12.4. The third-order valence-electron chi connectivity index (χ3n) is 4.03. The normalized spacial score (nSPS) is 13.9. The third kappa shape index (κ3) is 3.20. The lowest BCUT2D eigenvalue weighted by atomic mass is 9.93. The van der Waals surface area contributed by atoms with E-state index in [9.17, 15) is 4.79 Å². The number of carbonyl (C=O) groups is 1. The molecule has 5 nitrogen and oxygen atoms in total. The van der Waals surface area contributed by atoms with Crippen LogP contribution >= 0.6 is 0 Å². The molecule has 0 aliphatic heterocycles. The molecule has 0 amide bonds. The van der Waals surface area contributed by atoms with Crippen LogP contribution < -0.4 is 0 Å². The van der Waals surface area contributed by atoms with Crippen LogP contribution in [0.25, 0.3) is 10.9 Å². The van der Waals surface area contributed by atoms with Crippen molar-refractivity contribution in [3.63, 3.8) is 0 Å². The Morgan fingerprint density at radius 3 is 2.88 bits per heavy atom. The van der Waals surface area contributed by atoms with Gasteiger partial charge in [-0.2, -0.15) is 0 Å². The Morgan fingerprint density at radius 2 is 2.12 bits per heavy atom. The summed E-state index contributed by atoms with van der Waals surface area (Å²) in [6.07, 6.45) is 7.56. The molecule has 1 atom stereocenters. The first kappa shape index (κ1) is 15.9. The fourth-order valence-corrected chi connectivity index (χ4v) is 2.68. The molecule has 0 aliphatic rings. The number of esters is 1. The number of benzene rings is 1. The van der Waals surface area contributed by atoms with Gasteiger partial charge in [0.1, 0.15) is 0 Å². The SMILES string of the molecule is COC(=O)C(C)(Cc1c[nH]c2ccncc12)N=Cc1ccccc1. The number of nitrogens with zero attached hydrogens (tertiary/aromatic N) is 2. The molecular weight excluding hydrogens is 302 g/mol. The summed E-state index contributed by atoms with van der Waals surface area (Å²) < 4.78 is 4.99. The number of aromatic nitrogens is 2. The van der Waals surface area contributed by atoms with Gasteiger partial charge >= 0.3 is 5.97 Å². The molecule has 122 valence electrons. The van der Waals surface area contributed by atoms with Crippen LogP contribution in [0.4, 0.5) is 0 Å². The van der Waals surface area contributed by atoms with Gasteiger partial charge in [-0.05, 0) is 24.1 Å². The van der Waals surface area contributed by atoms with Crippen LogP contribution in [0, 0.1) is 0 Å². The fraction of sp³-hybridized carbons (Fsp3) is 0.211. The van der Waals surface area contributed by atoms with Crippen LogP contribution in [-0.2, 0) is 16.0 Å². The number of hydrogen-bond donors (Lipinski definition) is 1. The van der Waals surface area contributed by atoms with Crippen molar-refractivity contribution in [2.75, 3.05) is 7.11 Å². The van der Waals surface area contributed by atoms with Crippen molar-refractivity contribution in [2.24, 2.45) is 4.99 Å². The number of aliphatic imine (C=N–C) groups is 1. The lowest BCUT2D eigenvalue weighted by Gasteiger charge is -2.22. The molecule has 0 saturated heterocycles. The predicted octanol–water partition coefficient (Wildman–Crippen LogP) is 3.16. The molecule has 5 heteroatoms. The Bertz CT molecular complexity index is 870. The second-order valence-corrected chi connectivity index (χ2v) is 5.85. The molecular formula is C19H19N3O2. The van der Waals surface area contributed by atoms with E-state index in [2.05, 4.69) is 15.0 Å². The molecule has 1 N–H and O–H groups in total. The Kier molecular flexibility index (Phi) is 4.42. The highest BCUT2D eigenvalue weighted by Crippen LogP contribution is 2.25. The number of nitrogens with one attached hydrogen (secondary N) is 1. The zero-order chi connectivity index (χ0) is 17.0. The topological polar surface area (TPSA) is 67.3 Å². The second kappa shape index (κ2) is 6.66. The summed E-state index contributed by atoms with van der Waals surface area (Å²) in [7, 11) is 1.38. The van der Waals surface area contributed by atoms with Crippen LogP contribution in [0.3, 0.4) is 0 Å². The van der Waals surface area contributed by atoms with Gasteiger partial charge in [0.15, 0.2) is 5.54 Å². The quantitative estimate of drug-likeness (QED) is 0.580. The third-order valence-corrected chi connectivity index (χ3v) is 4.03. The lowest BCUT2D eigenvalue weighted by molar-refractivity contribution is -0.146. The van der Waals surface area contributed by atoms with Crippen molar-refractivity contribution in [2.45, 2.75) is 18.9 Å². The molecule has 3 rings (SSSR count). The lowest BCUT2D eigenvalue weighted by Crippen LogP contribution is -2.37. The summed E-state index contributed by atoms with van der Waals surface area (Å²) in [5, 5.41) is 0.988. The summed E-state index contributed by atoms with van der Waals surface area (Å²) >= 11 is 0. The van der Waals surface area contributed by atoms with E-state index in [1.807, 2.05) is 42.6 Å². The zero-order valence-electron chi connectivity index (χ0n) is 13.7. The summed E-state index contributed by atoms with van der Waals surface area (Å²) in [5.41, 5.74) is 1.90. The molecule has 2 heterocycles. The molecule has 0 bridgehead atoms. The summed E-state index contributed by atoms with van der Waals surface area (Å²) in [6, 6.07) is 11.6. The van der Waals surface area contributed by atoms with Gasteiger partial charge in [-0.1, -0.05) is 30.3 Å². The standard InChI is InChI=1S/C19H19N3O2/c1-19(18(23)24-2,22-11-14-6-4-3-5-7-14)10-15-12-21-17-8-9-20-13-16(15)17/h3-9,11-13,21H,10H2,1-2H3. The maximum Gasteiger partial charge on any atom is 0.333 e. The minimum absolute atomic E-state index is 0.368. The number of carbonyl (C=O) groups excluding carboxylic acids is 1. The van der Waals surface area contributed by atoms with E-state index < -0.39 is 5.54 Å². The van der Waals surface area contributed by atoms with Crippen LogP contribution in [0.15, 0.2) is 60.0 Å². The van der Waals surface area contributed by atoms with Crippen LogP contribution in [0.2, 0.25) is 0 Å². The maximum atomic E-state index is 12.4. The first-order valence-electron chi connectivity index (χ1n) is 7.71. The molecule has 0 aliphatic carbocycles. The van der Waals surface area contributed by atoms with E-state index >= 15 is 0 Å². The Hall–Kier alpha value is -2.95. The van der Waals surface area contributed by atoms with Crippen molar-refractivity contribution in [3.8, 4) is 0 Å². The van der Waals surface area contributed by atoms with Gasteiger partial charge in [-0.3, -0.25) is 9.98 Å². The summed E-state index contributed by atoms with van der Waals surface area (Å²) in [4.78, 5) is 24.3. The van der Waals surface area contributed by atoms with Gasteiger partial charge in [-0.25, -0.2) is 4.79 Å². The first-order valence-corrected chi connectivity index (χ1v) is 7.71. The number of aromatic amines is 1. The Labute approximate surface area is 140 Å². The number of ether oxygens (including phenoxy) is 1. The van der Waals surface area contributed by atoms with Crippen LogP contribution in [0.5, 0.6) is 0 Å². The molecule has 0 saturated carbocycles. The van der Waals surface area contributed by atoms with E-state index in [-0.39, 0.29) is 5.97 Å². The monoisotopic (exact) mass is 321 g/mol. The van der Waals surface area contributed by atoms with E-state index in [1.165, 1.54) is 7.11 Å². The smallest absolute Gasteiger partial charge is 0.333 e. The van der Waals surface area contributed by atoms with Crippen molar-refractivity contribution >= 4 is 23.1 Å². The molecule has 0 fully saturated rings. The van der Waals surface area contributed by atoms with E-state index in [0.717, 1.165) is 22.0 Å². The minimum atomic E-state index is -1.00. The van der Waals surface area contributed by atoms with E-state index in [1.54, 1.807) is 25.5 Å². The Morgan fingerprint density at radius 1 is 1.33 bits per heavy atom. The fourth-order valence-electron chi connectivity index (χ4n) is 2.68. The van der Waals surface area contributed by atoms with Gasteiger partial charge < -0.3 is 9.72 Å². The van der Waals surface area contributed by atoms with Gasteiger partial charge in [0.2, 0.25) is 0 Å². The molecule has 1 aromatic carbocycles. The molecule has 0 radical (unpaired) electrons. The predicted molar refractivity (Wildman–Crippen MR) is 94.3 cm³/mol. The van der Waals surface area contributed by atoms with Crippen molar-refractivity contribution < 1.29 is 9.53 Å². The highest BCUT2D eigenvalue weighted by molar-refractivity contribution is 5.88. The molecule has 0 spiro atoms. The second-order valence-electron chi connectivity index (χ2n) is 5.85. The minimum Gasteiger partial charge on any atom is -0.467 e. The number of H-pyrrole nitrogens is 1. The summed E-state index contributed by atoms with van der Waals surface area (Å²) in [5.74, 6) is -0.368. The number of fused-ring (bicyclic) bond motifs is 1. The van der Waals surface area contributed by atoms with E-state index in [4.69, 9.17) is 4.74 Å². The van der Waals surface area contributed by atoms with Crippen LogP contribution in [-0.4, -0.2) is 34.8 Å². The largest absolute Gasteiger partial charge is 0.467 e. The van der Waals surface area contributed by atoms with E-state index in [0.29, 0.717) is 6.42 Å². The van der Waals surface area contributed by atoms with Crippen molar-refractivity contribution in [3.05, 3.63) is 66.1 Å². The molecule has 3 aromatic rings. The molecule has 1 unspecified atom stereocenters. The van der Waals surface area contributed by atoms with Gasteiger partial charge in [-0.15, -0.1) is 0 Å². The Balaban J connectivity index is 1.94. The average Bonchev–Trinajstić information content (AvgIpc) is 3.03. The molecule has 24 heavy (non-hydrogen) atoms. The van der Waals surface area contributed by atoms with Crippen LogP contribution in [0.1, 0.15) is 18.1 Å². The van der Waals surface area contributed by atoms with Crippen molar-refractivity contribution in [1.29, 1.82) is 0 Å². The first-order chi connectivity index (χ1) is 11.6.